The van der Waals surface area contributed by atoms with Gasteiger partial charge in [0.2, 0.25) is 5.91 Å². The molecule has 0 bridgehead atoms. The Morgan fingerprint density at radius 1 is 1.19 bits per heavy atom. The number of carbonyl (C=O) groups excluding carboxylic acids is 2. The van der Waals surface area contributed by atoms with Gasteiger partial charge in [-0.2, -0.15) is 0 Å². The third-order valence-electron chi connectivity index (χ3n) is 5.37. The number of benzene rings is 1. The molecule has 2 aliphatic rings. The number of amides is 3. The molecule has 1 N–H and O–H groups in total. The summed E-state index contributed by atoms with van der Waals surface area (Å²) < 4.78 is 0. The molecule has 6 nitrogen and oxygen atoms in total. The van der Waals surface area contributed by atoms with Crippen LogP contribution in [0, 0.1) is 12.8 Å². The van der Waals surface area contributed by atoms with E-state index in [9.17, 15) is 9.59 Å². The van der Waals surface area contributed by atoms with Crippen LogP contribution in [0.4, 0.5) is 4.79 Å². The molecular weight excluding hydrogens is 340 g/mol. The Hall–Kier alpha value is -2.08. The second kappa shape index (κ2) is 8.74. The van der Waals surface area contributed by atoms with Crippen molar-refractivity contribution in [1.29, 1.82) is 0 Å². The van der Waals surface area contributed by atoms with Gasteiger partial charge in [-0.15, -0.1) is 0 Å². The minimum atomic E-state index is -0.0465. The molecule has 0 unspecified atom stereocenters. The highest BCUT2D eigenvalue weighted by Crippen LogP contribution is 2.32. The highest BCUT2D eigenvalue weighted by atomic mass is 16.2. The van der Waals surface area contributed by atoms with Gasteiger partial charge in [0.25, 0.3) is 0 Å². The van der Waals surface area contributed by atoms with E-state index in [4.69, 9.17) is 0 Å². The molecule has 1 aromatic rings. The summed E-state index contributed by atoms with van der Waals surface area (Å²) in [5.74, 6) is 0.484. The lowest BCUT2D eigenvalue weighted by atomic mass is 10.1. The summed E-state index contributed by atoms with van der Waals surface area (Å²) in [6.07, 6.45) is 2.84. The average Bonchev–Trinajstić information content (AvgIpc) is 3.40. The smallest absolute Gasteiger partial charge is 0.317 e. The first-order valence-electron chi connectivity index (χ1n) is 9.95. The summed E-state index contributed by atoms with van der Waals surface area (Å²) in [5, 5.41) is 3.07. The van der Waals surface area contributed by atoms with E-state index in [1.807, 2.05) is 23.9 Å². The standard InChI is InChI=1S/C21H32N4O2/c1-16-4-6-17(7-5-16)14-24(11-10-23(2)3)21(27)22-13-18-12-20(26)25(15-18)19-8-9-19/h4-7,18-19H,8-15H2,1-3H3,(H,22,27)/t18-/m0/s1. The number of carbonyl (C=O) groups is 2. The van der Waals surface area contributed by atoms with E-state index in [2.05, 4.69) is 41.4 Å². The molecule has 2 fully saturated rings. The van der Waals surface area contributed by atoms with E-state index in [1.54, 1.807) is 0 Å². The van der Waals surface area contributed by atoms with Crippen LogP contribution >= 0.6 is 0 Å². The van der Waals surface area contributed by atoms with Crippen molar-refractivity contribution >= 4 is 11.9 Å². The molecule has 3 rings (SSSR count). The largest absolute Gasteiger partial charge is 0.339 e. The molecule has 1 atom stereocenters. The predicted octanol–water partition coefficient (Wildman–Crippen LogP) is 2.08. The minimum absolute atomic E-state index is 0.0465. The zero-order valence-corrected chi connectivity index (χ0v) is 16.8. The molecule has 1 aliphatic carbocycles. The maximum Gasteiger partial charge on any atom is 0.317 e. The van der Waals surface area contributed by atoms with E-state index < -0.39 is 0 Å². The second-order valence-corrected chi connectivity index (χ2v) is 8.24. The number of aryl methyl sites for hydroxylation is 1. The first-order valence-corrected chi connectivity index (χ1v) is 9.95. The summed E-state index contributed by atoms with van der Waals surface area (Å²) in [4.78, 5) is 30.8. The van der Waals surface area contributed by atoms with Gasteiger partial charge in [-0.1, -0.05) is 29.8 Å². The Morgan fingerprint density at radius 2 is 1.89 bits per heavy atom. The number of rotatable bonds is 8. The molecule has 1 heterocycles. The summed E-state index contributed by atoms with van der Waals surface area (Å²) in [5.41, 5.74) is 2.35. The van der Waals surface area contributed by atoms with E-state index >= 15 is 0 Å². The van der Waals surface area contributed by atoms with E-state index in [0.29, 0.717) is 32.1 Å². The quantitative estimate of drug-likeness (QED) is 0.760. The number of urea groups is 1. The summed E-state index contributed by atoms with van der Waals surface area (Å²) in [6.45, 7) is 5.51. The highest BCUT2D eigenvalue weighted by molar-refractivity contribution is 5.79. The Bertz CT molecular complexity index is 655. The fourth-order valence-corrected chi connectivity index (χ4v) is 3.51. The first kappa shape index (κ1) is 19.7. The van der Waals surface area contributed by atoms with Crippen molar-refractivity contribution in [3.05, 3.63) is 35.4 Å². The maximum atomic E-state index is 12.8. The molecular formula is C21H32N4O2. The van der Waals surface area contributed by atoms with Gasteiger partial charge in [-0.05, 0) is 39.4 Å². The maximum absolute atomic E-state index is 12.8. The first-order chi connectivity index (χ1) is 12.9. The Morgan fingerprint density at radius 3 is 2.52 bits per heavy atom. The lowest BCUT2D eigenvalue weighted by Crippen LogP contribution is -2.44. The van der Waals surface area contributed by atoms with E-state index in [0.717, 1.165) is 31.5 Å². The highest BCUT2D eigenvalue weighted by Gasteiger charge is 2.39. The molecule has 148 valence electrons. The lowest BCUT2D eigenvalue weighted by molar-refractivity contribution is -0.128. The van der Waals surface area contributed by atoms with Gasteiger partial charge in [-0.25, -0.2) is 4.79 Å². The molecule has 27 heavy (non-hydrogen) atoms. The van der Waals surface area contributed by atoms with Crippen LogP contribution in [0.2, 0.25) is 0 Å². The fourth-order valence-electron chi connectivity index (χ4n) is 3.51. The van der Waals surface area contributed by atoms with Gasteiger partial charge in [-0.3, -0.25) is 4.79 Å². The zero-order valence-electron chi connectivity index (χ0n) is 16.8. The molecule has 1 aromatic carbocycles. The molecule has 6 heteroatoms. The Labute approximate surface area is 162 Å². The Kier molecular flexibility index (Phi) is 6.37. The van der Waals surface area contributed by atoms with Gasteiger partial charge >= 0.3 is 6.03 Å². The molecule has 0 aromatic heterocycles. The van der Waals surface area contributed by atoms with Crippen molar-refractivity contribution in [3.8, 4) is 0 Å². The second-order valence-electron chi connectivity index (χ2n) is 8.24. The van der Waals surface area contributed by atoms with Crippen molar-refractivity contribution < 1.29 is 9.59 Å². The SMILES string of the molecule is Cc1ccc(CN(CCN(C)C)C(=O)NC[C@@H]2CC(=O)N(C3CC3)C2)cc1. The van der Waals surface area contributed by atoms with E-state index in [1.165, 1.54) is 5.56 Å². The van der Waals surface area contributed by atoms with E-state index in [-0.39, 0.29) is 17.9 Å². The zero-order chi connectivity index (χ0) is 19.4. The normalized spacial score (nSPS) is 19.6. The molecule has 3 amide bonds. The van der Waals surface area contributed by atoms with Crippen LogP contribution in [0.15, 0.2) is 24.3 Å². The number of hydrogen-bond donors (Lipinski definition) is 1. The third-order valence-corrected chi connectivity index (χ3v) is 5.37. The third kappa shape index (κ3) is 5.70. The van der Waals surface area contributed by atoms with Crippen LogP contribution in [-0.4, -0.2) is 73.0 Å². The number of nitrogens with one attached hydrogen (secondary N) is 1. The van der Waals surface area contributed by atoms with Crippen LogP contribution in [-0.2, 0) is 11.3 Å². The van der Waals surface area contributed by atoms with Crippen LogP contribution in [0.5, 0.6) is 0 Å². The van der Waals surface area contributed by atoms with Crippen molar-refractivity contribution in [2.45, 2.75) is 38.8 Å². The molecule has 1 saturated heterocycles. The number of hydrogen-bond acceptors (Lipinski definition) is 3. The predicted molar refractivity (Wildman–Crippen MR) is 106 cm³/mol. The molecule has 1 aliphatic heterocycles. The topological polar surface area (TPSA) is 55.9 Å². The van der Waals surface area contributed by atoms with Crippen molar-refractivity contribution in [2.24, 2.45) is 5.92 Å². The minimum Gasteiger partial charge on any atom is -0.339 e. The van der Waals surface area contributed by atoms with Crippen molar-refractivity contribution in [2.75, 3.05) is 40.3 Å². The molecule has 1 saturated carbocycles. The number of likely N-dealkylation sites (N-methyl/N-ethyl adjacent to an activating group) is 1. The van der Waals surface area contributed by atoms with Crippen LogP contribution in [0.1, 0.15) is 30.4 Å². The van der Waals surface area contributed by atoms with Crippen LogP contribution < -0.4 is 5.32 Å². The van der Waals surface area contributed by atoms with Crippen LogP contribution in [0.25, 0.3) is 0 Å². The van der Waals surface area contributed by atoms with Crippen LogP contribution in [0.3, 0.4) is 0 Å². The fraction of sp³-hybridized carbons (Fsp3) is 0.619. The van der Waals surface area contributed by atoms with Gasteiger partial charge in [0, 0.05) is 51.1 Å². The van der Waals surface area contributed by atoms with Gasteiger partial charge < -0.3 is 20.0 Å². The average molecular weight is 373 g/mol. The van der Waals surface area contributed by atoms with Gasteiger partial charge in [0.15, 0.2) is 0 Å². The molecule has 0 radical (unpaired) electrons. The number of likely N-dealkylation sites (tertiary alicyclic amines) is 1. The van der Waals surface area contributed by atoms with Crippen molar-refractivity contribution in [1.82, 2.24) is 20.0 Å². The summed E-state index contributed by atoms with van der Waals surface area (Å²) in [7, 11) is 4.02. The monoisotopic (exact) mass is 372 g/mol. The molecule has 0 spiro atoms. The van der Waals surface area contributed by atoms with Gasteiger partial charge in [0.05, 0.1) is 0 Å². The number of nitrogens with zero attached hydrogens (tertiary/aromatic N) is 3. The summed E-state index contributed by atoms with van der Waals surface area (Å²) >= 11 is 0. The Balaban J connectivity index is 1.53. The summed E-state index contributed by atoms with van der Waals surface area (Å²) in [6, 6.07) is 8.73. The van der Waals surface area contributed by atoms with Crippen molar-refractivity contribution in [3.63, 3.8) is 0 Å². The van der Waals surface area contributed by atoms with Gasteiger partial charge in [0.1, 0.15) is 0 Å². The lowest BCUT2D eigenvalue weighted by Gasteiger charge is -2.25.